The Morgan fingerprint density at radius 1 is 1.29 bits per heavy atom. The second-order valence-corrected chi connectivity index (χ2v) is 11.0. The molecule has 34 heavy (non-hydrogen) atoms. The first-order valence-corrected chi connectivity index (χ1v) is 13.1. The molecule has 0 aliphatic carbocycles. The number of fused-ring (bicyclic) bond motifs is 1. The number of piperidine rings is 1. The van der Waals surface area contributed by atoms with Crippen LogP contribution in [0.4, 0.5) is 4.39 Å². The van der Waals surface area contributed by atoms with E-state index in [1.54, 1.807) is 19.2 Å². The molecule has 2 heterocycles. The summed E-state index contributed by atoms with van der Waals surface area (Å²) in [6.07, 6.45) is 4.73. The molecule has 1 saturated heterocycles. The summed E-state index contributed by atoms with van der Waals surface area (Å²) in [7, 11) is -3.32. The number of nitrogens with one attached hydrogen (secondary N) is 1. The van der Waals surface area contributed by atoms with Gasteiger partial charge >= 0.3 is 0 Å². The molecule has 1 fully saturated rings. The highest BCUT2D eigenvalue weighted by Gasteiger charge is 2.31. The van der Waals surface area contributed by atoms with Gasteiger partial charge < -0.3 is 4.57 Å². The third-order valence-electron chi connectivity index (χ3n) is 6.07. The molecule has 10 heteroatoms. The second-order valence-electron chi connectivity index (χ2n) is 8.30. The third kappa shape index (κ3) is 5.32. The topological polar surface area (TPSA) is 83.8 Å². The van der Waals surface area contributed by atoms with E-state index in [1.807, 2.05) is 35.0 Å². The van der Waals surface area contributed by atoms with Crippen LogP contribution in [0.1, 0.15) is 30.9 Å². The van der Waals surface area contributed by atoms with E-state index in [4.69, 9.17) is 11.6 Å². The minimum absolute atomic E-state index is 0.0205. The Hall–Kier alpha value is -2.75. The Bertz CT molecular complexity index is 1340. The highest BCUT2D eigenvalue weighted by atomic mass is 35.5. The van der Waals surface area contributed by atoms with Crippen LogP contribution in [0.3, 0.4) is 0 Å². The van der Waals surface area contributed by atoms with E-state index in [-0.39, 0.29) is 24.0 Å². The fourth-order valence-corrected chi connectivity index (χ4v) is 5.60. The van der Waals surface area contributed by atoms with Crippen LogP contribution in [0.5, 0.6) is 0 Å². The van der Waals surface area contributed by atoms with Crippen molar-refractivity contribution >= 4 is 44.6 Å². The number of amides is 1. The number of halogens is 2. The largest absolute Gasteiger partial charge is 0.342 e. The molecule has 1 aliphatic rings. The zero-order valence-corrected chi connectivity index (χ0v) is 20.3. The SMILES string of the molecule is CCS(=O)(=O)N1CCCC(C(=O)NN=Cc2cn(Cc3ccc(F)cc3Cl)c3ccccc23)C1. The smallest absolute Gasteiger partial charge is 0.244 e. The number of carbonyl (C=O) groups is 1. The molecule has 0 bridgehead atoms. The quantitative estimate of drug-likeness (QED) is 0.390. The first-order chi connectivity index (χ1) is 16.3. The van der Waals surface area contributed by atoms with Gasteiger partial charge in [0, 0.05) is 47.3 Å². The Morgan fingerprint density at radius 2 is 2.09 bits per heavy atom. The lowest BCUT2D eigenvalue weighted by Gasteiger charge is -2.30. The molecule has 1 N–H and O–H groups in total. The Balaban J connectivity index is 1.49. The molecule has 3 aromatic rings. The number of hydrazone groups is 1. The molecule has 1 atom stereocenters. The van der Waals surface area contributed by atoms with Gasteiger partial charge in [-0.25, -0.2) is 22.5 Å². The standard InChI is InChI=1S/C24H26ClFN4O3S/c1-2-34(32,33)30-11-5-6-18(16-30)24(31)28-27-13-19-15-29(23-8-4-3-7-21(19)23)14-17-9-10-20(26)12-22(17)25/h3-4,7-10,12-13,15,18H,2,5-6,11,14,16H2,1H3,(H,28,31). The van der Waals surface area contributed by atoms with Crippen molar-refractivity contribution in [2.24, 2.45) is 11.0 Å². The van der Waals surface area contributed by atoms with Crippen molar-refractivity contribution in [3.8, 4) is 0 Å². The number of para-hydroxylation sites is 1. The van der Waals surface area contributed by atoms with Crippen molar-refractivity contribution in [1.82, 2.24) is 14.3 Å². The van der Waals surface area contributed by atoms with Crippen molar-refractivity contribution in [3.63, 3.8) is 0 Å². The normalized spacial score (nSPS) is 17.4. The van der Waals surface area contributed by atoms with E-state index < -0.39 is 15.9 Å². The molecule has 180 valence electrons. The summed E-state index contributed by atoms with van der Waals surface area (Å²) in [4.78, 5) is 12.6. The summed E-state index contributed by atoms with van der Waals surface area (Å²) in [6, 6.07) is 12.1. The predicted molar refractivity (Wildman–Crippen MR) is 132 cm³/mol. The van der Waals surface area contributed by atoms with E-state index in [2.05, 4.69) is 10.5 Å². The van der Waals surface area contributed by atoms with Gasteiger partial charge in [0.05, 0.1) is 17.9 Å². The molecule has 1 aromatic heterocycles. The molecule has 1 aliphatic heterocycles. The molecule has 0 radical (unpaired) electrons. The van der Waals surface area contributed by atoms with Gasteiger partial charge in [0.25, 0.3) is 0 Å². The van der Waals surface area contributed by atoms with E-state index in [1.165, 1.54) is 16.4 Å². The summed E-state index contributed by atoms with van der Waals surface area (Å²) in [5, 5.41) is 5.44. The molecule has 0 saturated carbocycles. The van der Waals surface area contributed by atoms with Crippen molar-refractivity contribution in [2.45, 2.75) is 26.3 Å². The molecule has 4 rings (SSSR count). The van der Waals surface area contributed by atoms with Gasteiger partial charge in [0.15, 0.2) is 0 Å². The minimum Gasteiger partial charge on any atom is -0.342 e. The number of aromatic nitrogens is 1. The maximum atomic E-state index is 13.4. The summed E-state index contributed by atoms with van der Waals surface area (Å²) < 4.78 is 41.1. The van der Waals surface area contributed by atoms with E-state index >= 15 is 0 Å². The number of hydrogen-bond acceptors (Lipinski definition) is 4. The predicted octanol–water partition coefficient (Wildman–Crippen LogP) is 3.99. The zero-order valence-electron chi connectivity index (χ0n) is 18.7. The van der Waals surface area contributed by atoms with Crippen molar-refractivity contribution in [3.05, 3.63) is 70.6 Å². The fraction of sp³-hybridized carbons (Fsp3) is 0.333. The first-order valence-electron chi connectivity index (χ1n) is 11.1. The lowest BCUT2D eigenvalue weighted by atomic mass is 9.99. The first kappa shape index (κ1) is 24.4. The van der Waals surface area contributed by atoms with Gasteiger partial charge in [-0.05, 0) is 43.5 Å². The number of hydrogen-bond donors (Lipinski definition) is 1. The van der Waals surface area contributed by atoms with Crippen LogP contribution in [-0.2, 0) is 21.4 Å². The van der Waals surface area contributed by atoms with Gasteiger partial charge in [-0.15, -0.1) is 0 Å². The highest BCUT2D eigenvalue weighted by molar-refractivity contribution is 7.89. The molecular weight excluding hydrogens is 479 g/mol. The van der Waals surface area contributed by atoms with Crippen LogP contribution in [0, 0.1) is 11.7 Å². The lowest BCUT2D eigenvalue weighted by Crippen LogP contribution is -2.45. The average Bonchev–Trinajstić information content (AvgIpc) is 3.18. The number of benzene rings is 2. The second kappa shape index (κ2) is 10.2. The Morgan fingerprint density at radius 3 is 2.85 bits per heavy atom. The molecule has 0 spiro atoms. The number of carbonyl (C=O) groups excluding carboxylic acids is 1. The van der Waals surface area contributed by atoms with E-state index in [9.17, 15) is 17.6 Å². The Labute approximate surface area is 203 Å². The van der Waals surface area contributed by atoms with Gasteiger partial charge in [0.1, 0.15) is 5.82 Å². The number of nitrogens with zero attached hydrogens (tertiary/aromatic N) is 3. The molecule has 1 unspecified atom stereocenters. The van der Waals surface area contributed by atoms with Crippen LogP contribution in [-0.4, -0.2) is 48.3 Å². The van der Waals surface area contributed by atoms with Crippen molar-refractivity contribution in [1.29, 1.82) is 0 Å². The van der Waals surface area contributed by atoms with Gasteiger partial charge in [-0.3, -0.25) is 4.79 Å². The minimum atomic E-state index is -3.32. The van der Waals surface area contributed by atoms with Crippen LogP contribution >= 0.6 is 11.6 Å². The summed E-state index contributed by atoms with van der Waals surface area (Å²) in [6.45, 7) is 2.67. The fourth-order valence-electron chi connectivity index (χ4n) is 4.19. The third-order valence-corrected chi connectivity index (χ3v) is 8.27. The highest BCUT2D eigenvalue weighted by Crippen LogP contribution is 2.24. The van der Waals surface area contributed by atoms with Gasteiger partial charge in [-0.2, -0.15) is 5.10 Å². The molecular formula is C24H26ClFN4O3S. The maximum absolute atomic E-state index is 13.4. The summed E-state index contributed by atoms with van der Waals surface area (Å²) in [5.74, 6) is -1.10. The van der Waals surface area contributed by atoms with E-state index in [0.717, 1.165) is 22.0 Å². The number of sulfonamides is 1. The molecule has 7 nitrogen and oxygen atoms in total. The van der Waals surface area contributed by atoms with Crippen molar-refractivity contribution in [2.75, 3.05) is 18.8 Å². The van der Waals surface area contributed by atoms with Gasteiger partial charge in [-0.1, -0.05) is 35.9 Å². The zero-order chi connectivity index (χ0) is 24.3. The summed E-state index contributed by atoms with van der Waals surface area (Å²) >= 11 is 6.21. The lowest BCUT2D eigenvalue weighted by molar-refractivity contribution is -0.126. The van der Waals surface area contributed by atoms with Crippen LogP contribution in [0.2, 0.25) is 5.02 Å². The molecule has 2 aromatic carbocycles. The Kier molecular flexibility index (Phi) is 7.35. The van der Waals surface area contributed by atoms with Crippen LogP contribution in [0.15, 0.2) is 53.8 Å². The maximum Gasteiger partial charge on any atom is 0.244 e. The molecule has 1 amide bonds. The van der Waals surface area contributed by atoms with Crippen LogP contribution < -0.4 is 5.43 Å². The summed E-state index contributed by atoms with van der Waals surface area (Å²) in [5.41, 5.74) is 5.10. The van der Waals surface area contributed by atoms with Gasteiger partial charge in [0.2, 0.25) is 15.9 Å². The van der Waals surface area contributed by atoms with E-state index in [0.29, 0.717) is 31.0 Å². The monoisotopic (exact) mass is 504 g/mol. The van der Waals surface area contributed by atoms with Crippen molar-refractivity contribution < 1.29 is 17.6 Å². The van der Waals surface area contributed by atoms with Crippen LogP contribution in [0.25, 0.3) is 10.9 Å². The number of rotatable bonds is 7. The average molecular weight is 505 g/mol.